The number of hydrogen-bond acceptors (Lipinski definition) is 2. The predicted octanol–water partition coefficient (Wildman–Crippen LogP) is 3.38. The summed E-state index contributed by atoms with van der Waals surface area (Å²) in [4.78, 5) is 19.3. The summed E-state index contributed by atoms with van der Waals surface area (Å²) in [6, 6.07) is 8.15. The average molecular weight is 321 g/mol. The van der Waals surface area contributed by atoms with Gasteiger partial charge in [-0.1, -0.05) is 37.6 Å². The molecule has 4 heteroatoms. The minimum Gasteiger partial charge on any atom is -0.309 e. The number of hydrogen-bond donors (Lipinski definition) is 1. The average Bonchev–Trinajstić information content (AvgIpc) is 2.38. The molecule has 0 fully saturated rings. The second-order valence-electron chi connectivity index (χ2n) is 4.63. The summed E-state index contributed by atoms with van der Waals surface area (Å²) in [5.41, 5.74) is 3.15. The summed E-state index contributed by atoms with van der Waals surface area (Å²) in [6.45, 7) is 4.15. The van der Waals surface area contributed by atoms with Crippen molar-refractivity contribution in [2.24, 2.45) is 0 Å². The Kier molecular flexibility index (Phi) is 4.53. The molecule has 3 nitrogen and oxygen atoms in total. The minimum atomic E-state index is -0.0953. The number of benzene rings is 1. The monoisotopic (exact) mass is 320 g/mol. The summed E-state index contributed by atoms with van der Waals surface area (Å²) >= 11 is 3.31. The number of halogens is 1. The van der Waals surface area contributed by atoms with Gasteiger partial charge in [-0.2, -0.15) is 0 Å². The van der Waals surface area contributed by atoms with Gasteiger partial charge in [0.15, 0.2) is 0 Å². The fraction of sp³-hybridized carbons (Fsp3) is 0.333. The molecule has 0 aliphatic heterocycles. The zero-order valence-corrected chi connectivity index (χ0v) is 12.8. The van der Waals surface area contributed by atoms with Crippen LogP contribution in [0.15, 0.2) is 33.5 Å². The van der Waals surface area contributed by atoms with E-state index in [2.05, 4.69) is 51.9 Å². The fourth-order valence-electron chi connectivity index (χ4n) is 2.03. The van der Waals surface area contributed by atoms with E-state index in [1.807, 2.05) is 12.1 Å². The largest absolute Gasteiger partial charge is 0.309 e. The fourth-order valence-corrected chi connectivity index (χ4v) is 2.42. The van der Waals surface area contributed by atoms with Gasteiger partial charge in [-0.3, -0.25) is 4.79 Å². The van der Waals surface area contributed by atoms with E-state index in [4.69, 9.17) is 0 Å². The van der Waals surface area contributed by atoms with Crippen molar-refractivity contribution in [3.63, 3.8) is 0 Å². The number of aryl methyl sites for hydroxylation is 2. The minimum absolute atomic E-state index is 0.0953. The first kappa shape index (κ1) is 14.0. The summed E-state index contributed by atoms with van der Waals surface area (Å²) in [6.07, 6.45) is 2.44. The van der Waals surface area contributed by atoms with Gasteiger partial charge < -0.3 is 4.98 Å². The van der Waals surface area contributed by atoms with Gasteiger partial charge in [-0.15, -0.1) is 0 Å². The molecule has 1 aromatic heterocycles. The van der Waals surface area contributed by atoms with Crippen molar-refractivity contribution in [1.29, 1.82) is 0 Å². The molecular formula is C15H17BrN2O. The molecule has 0 amide bonds. The first-order valence-electron chi connectivity index (χ1n) is 6.44. The first-order valence-corrected chi connectivity index (χ1v) is 7.23. The van der Waals surface area contributed by atoms with Gasteiger partial charge in [0, 0.05) is 6.42 Å². The van der Waals surface area contributed by atoms with E-state index in [-0.39, 0.29) is 5.56 Å². The van der Waals surface area contributed by atoms with Crippen molar-refractivity contribution in [1.82, 2.24) is 9.97 Å². The van der Waals surface area contributed by atoms with Crippen molar-refractivity contribution in [2.75, 3.05) is 0 Å². The summed E-state index contributed by atoms with van der Waals surface area (Å²) in [5.74, 6) is 0.728. The first-order chi connectivity index (χ1) is 9.11. The lowest BCUT2D eigenvalue weighted by Gasteiger charge is -2.08. The van der Waals surface area contributed by atoms with E-state index in [0.717, 1.165) is 24.4 Å². The maximum absolute atomic E-state index is 11.9. The maximum Gasteiger partial charge on any atom is 0.265 e. The van der Waals surface area contributed by atoms with Crippen LogP contribution in [-0.2, 0) is 12.8 Å². The van der Waals surface area contributed by atoms with Crippen molar-refractivity contribution < 1.29 is 0 Å². The Hall–Kier alpha value is -1.42. The Morgan fingerprint density at radius 2 is 2.05 bits per heavy atom. The molecule has 0 atom stereocenters. The molecule has 0 aliphatic rings. The third-order valence-corrected chi connectivity index (χ3v) is 3.90. The van der Waals surface area contributed by atoms with Crippen LogP contribution in [0.3, 0.4) is 0 Å². The Labute approximate surface area is 121 Å². The number of H-pyrrole nitrogens is 1. The third kappa shape index (κ3) is 3.32. The molecule has 2 aromatic rings. The Morgan fingerprint density at radius 3 is 2.74 bits per heavy atom. The SMILES string of the molecule is CCCc1nc(Cc2ccccc2C)[nH]c(=O)c1Br. The molecule has 0 unspecified atom stereocenters. The van der Waals surface area contributed by atoms with E-state index < -0.39 is 0 Å². The molecule has 1 N–H and O–H groups in total. The van der Waals surface area contributed by atoms with Crippen molar-refractivity contribution in [3.05, 3.63) is 61.7 Å². The van der Waals surface area contributed by atoms with Crippen LogP contribution in [-0.4, -0.2) is 9.97 Å². The second-order valence-corrected chi connectivity index (χ2v) is 5.42. The van der Waals surface area contributed by atoms with Gasteiger partial charge in [-0.25, -0.2) is 4.98 Å². The van der Waals surface area contributed by atoms with Crippen LogP contribution in [0.1, 0.15) is 36.0 Å². The smallest absolute Gasteiger partial charge is 0.265 e. The number of nitrogens with zero attached hydrogens (tertiary/aromatic N) is 1. The highest BCUT2D eigenvalue weighted by Crippen LogP contribution is 2.14. The molecule has 0 radical (unpaired) electrons. The number of nitrogens with one attached hydrogen (secondary N) is 1. The molecule has 0 saturated carbocycles. The van der Waals surface area contributed by atoms with Crippen LogP contribution < -0.4 is 5.56 Å². The lowest BCUT2D eigenvalue weighted by Crippen LogP contribution is -2.16. The highest BCUT2D eigenvalue weighted by molar-refractivity contribution is 9.10. The quantitative estimate of drug-likeness (QED) is 0.938. The number of aromatic amines is 1. The van der Waals surface area contributed by atoms with Crippen LogP contribution >= 0.6 is 15.9 Å². The van der Waals surface area contributed by atoms with Gasteiger partial charge in [-0.05, 0) is 40.4 Å². The van der Waals surface area contributed by atoms with Gasteiger partial charge in [0.2, 0.25) is 0 Å². The molecule has 0 bridgehead atoms. The van der Waals surface area contributed by atoms with Gasteiger partial charge >= 0.3 is 0 Å². The standard InChI is InChI=1S/C15H17BrN2O/c1-3-6-12-14(16)15(19)18-13(17-12)9-11-8-5-4-7-10(11)2/h4-5,7-8H,3,6,9H2,1-2H3,(H,17,18,19). The molecule has 100 valence electrons. The Bertz CT molecular complexity index is 634. The summed E-state index contributed by atoms with van der Waals surface area (Å²) in [7, 11) is 0. The van der Waals surface area contributed by atoms with Crippen LogP contribution in [0.25, 0.3) is 0 Å². The third-order valence-electron chi connectivity index (χ3n) is 3.09. The highest BCUT2D eigenvalue weighted by Gasteiger charge is 2.09. The molecule has 19 heavy (non-hydrogen) atoms. The Balaban J connectivity index is 2.36. The number of rotatable bonds is 4. The second kappa shape index (κ2) is 6.15. The van der Waals surface area contributed by atoms with E-state index in [0.29, 0.717) is 10.9 Å². The van der Waals surface area contributed by atoms with Crippen LogP contribution in [0.2, 0.25) is 0 Å². The van der Waals surface area contributed by atoms with Crippen LogP contribution in [0, 0.1) is 6.92 Å². The van der Waals surface area contributed by atoms with Crippen LogP contribution in [0.4, 0.5) is 0 Å². The van der Waals surface area contributed by atoms with Crippen molar-refractivity contribution in [3.8, 4) is 0 Å². The number of aromatic nitrogens is 2. The van der Waals surface area contributed by atoms with Gasteiger partial charge in [0.1, 0.15) is 10.3 Å². The molecular weight excluding hydrogens is 304 g/mol. The molecule has 1 aromatic carbocycles. The summed E-state index contributed by atoms with van der Waals surface area (Å²) in [5, 5.41) is 0. The topological polar surface area (TPSA) is 45.8 Å². The van der Waals surface area contributed by atoms with Gasteiger partial charge in [0.05, 0.1) is 5.69 Å². The van der Waals surface area contributed by atoms with E-state index >= 15 is 0 Å². The van der Waals surface area contributed by atoms with Crippen LogP contribution in [0.5, 0.6) is 0 Å². The van der Waals surface area contributed by atoms with Gasteiger partial charge in [0.25, 0.3) is 5.56 Å². The van der Waals surface area contributed by atoms with E-state index in [1.54, 1.807) is 0 Å². The van der Waals surface area contributed by atoms with Crippen molar-refractivity contribution >= 4 is 15.9 Å². The molecule has 0 spiro atoms. The lowest BCUT2D eigenvalue weighted by molar-refractivity contribution is 0.822. The molecule has 0 aliphatic carbocycles. The molecule has 1 heterocycles. The zero-order chi connectivity index (χ0) is 13.8. The predicted molar refractivity (Wildman–Crippen MR) is 80.5 cm³/mol. The normalized spacial score (nSPS) is 10.7. The molecule has 2 rings (SSSR count). The zero-order valence-electron chi connectivity index (χ0n) is 11.2. The van der Waals surface area contributed by atoms with E-state index in [1.165, 1.54) is 11.1 Å². The Morgan fingerprint density at radius 1 is 1.32 bits per heavy atom. The van der Waals surface area contributed by atoms with E-state index in [9.17, 15) is 4.79 Å². The highest BCUT2D eigenvalue weighted by atomic mass is 79.9. The maximum atomic E-state index is 11.9. The van der Waals surface area contributed by atoms with Crippen molar-refractivity contribution in [2.45, 2.75) is 33.1 Å². The molecule has 0 saturated heterocycles. The summed E-state index contributed by atoms with van der Waals surface area (Å²) < 4.78 is 0.558. The lowest BCUT2D eigenvalue weighted by atomic mass is 10.1.